The summed E-state index contributed by atoms with van der Waals surface area (Å²) in [6.45, 7) is 1.50. The summed E-state index contributed by atoms with van der Waals surface area (Å²) in [4.78, 5) is 3.42. The highest BCUT2D eigenvalue weighted by Crippen LogP contribution is 2.32. The molecule has 0 aliphatic heterocycles. The van der Waals surface area contributed by atoms with Crippen molar-refractivity contribution in [1.29, 1.82) is 0 Å². The Kier molecular flexibility index (Phi) is 2.56. The summed E-state index contributed by atoms with van der Waals surface area (Å²) >= 11 is 0. The zero-order chi connectivity index (χ0) is 10.1. The van der Waals surface area contributed by atoms with Crippen molar-refractivity contribution in [3.63, 3.8) is 0 Å². The van der Waals surface area contributed by atoms with Crippen molar-refractivity contribution in [3.8, 4) is 0 Å². The number of rotatable bonds is 1. The quantitative estimate of drug-likeness (QED) is 0.736. The summed E-state index contributed by atoms with van der Waals surface area (Å²) in [6, 6.07) is 0.646. The zero-order valence-corrected chi connectivity index (χ0v) is 6.97. The summed E-state index contributed by atoms with van der Waals surface area (Å²) < 4.78 is 36.9. The van der Waals surface area contributed by atoms with Crippen LogP contribution in [0.15, 0.2) is 18.5 Å². The van der Waals surface area contributed by atoms with Gasteiger partial charge in [0.15, 0.2) is 0 Å². The minimum Gasteiger partial charge on any atom is -0.324 e. The van der Waals surface area contributed by atoms with Crippen molar-refractivity contribution in [3.05, 3.63) is 29.6 Å². The fourth-order valence-electron chi connectivity index (χ4n) is 1.04. The average molecular weight is 190 g/mol. The second-order valence-electron chi connectivity index (χ2n) is 2.75. The van der Waals surface area contributed by atoms with Crippen LogP contribution in [0.1, 0.15) is 24.1 Å². The Morgan fingerprint density at radius 2 is 2.08 bits per heavy atom. The molecule has 0 bridgehead atoms. The maximum Gasteiger partial charge on any atom is 0.418 e. The van der Waals surface area contributed by atoms with E-state index in [2.05, 4.69) is 4.98 Å². The molecule has 0 aliphatic carbocycles. The largest absolute Gasteiger partial charge is 0.418 e. The van der Waals surface area contributed by atoms with E-state index in [0.717, 1.165) is 6.20 Å². The Bertz CT molecular complexity index is 294. The van der Waals surface area contributed by atoms with Gasteiger partial charge in [0.2, 0.25) is 0 Å². The van der Waals surface area contributed by atoms with E-state index in [-0.39, 0.29) is 5.56 Å². The summed E-state index contributed by atoms with van der Waals surface area (Å²) in [7, 11) is 0. The lowest BCUT2D eigenvalue weighted by molar-refractivity contribution is -0.138. The molecule has 2 N–H and O–H groups in total. The van der Waals surface area contributed by atoms with E-state index in [4.69, 9.17) is 5.73 Å². The Balaban J connectivity index is 3.20. The van der Waals surface area contributed by atoms with Crippen LogP contribution in [0.3, 0.4) is 0 Å². The molecule has 13 heavy (non-hydrogen) atoms. The van der Waals surface area contributed by atoms with Gasteiger partial charge in [-0.05, 0) is 18.6 Å². The van der Waals surface area contributed by atoms with Crippen molar-refractivity contribution >= 4 is 0 Å². The molecule has 0 aromatic carbocycles. The number of alkyl halides is 3. The van der Waals surface area contributed by atoms with Crippen LogP contribution in [0.5, 0.6) is 0 Å². The van der Waals surface area contributed by atoms with Gasteiger partial charge in [0, 0.05) is 18.4 Å². The number of aromatic nitrogens is 1. The van der Waals surface area contributed by atoms with Crippen molar-refractivity contribution in [1.82, 2.24) is 4.98 Å². The minimum atomic E-state index is -4.38. The van der Waals surface area contributed by atoms with E-state index in [1.54, 1.807) is 0 Å². The molecular formula is C8H9F3N2. The minimum absolute atomic E-state index is 0.0718. The molecule has 72 valence electrons. The highest BCUT2D eigenvalue weighted by molar-refractivity contribution is 5.28. The van der Waals surface area contributed by atoms with Crippen LogP contribution < -0.4 is 5.73 Å². The van der Waals surface area contributed by atoms with E-state index in [9.17, 15) is 13.2 Å². The predicted octanol–water partition coefficient (Wildman–Crippen LogP) is 2.12. The van der Waals surface area contributed by atoms with Crippen molar-refractivity contribution < 1.29 is 13.2 Å². The van der Waals surface area contributed by atoms with Crippen LogP contribution in [-0.4, -0.2) is 4.98 Å². The van der Waals surface area contributed by atoms with Gasteiger partial charge in [-0.2, -0.15) is 13.2 Å². The summed E-state index contributed by atoms with van der Waals surface area (Å²) in [6.07, 6.45) is -2.29. The first-order chi connectivity index (χ1) is 5.93. The zero-order valence-electron chi connectivity index (χ0n) is 6.97. The Morgan fingerprint density at radius 1 is 1.46 bits per heavy atom. The van der Waals surface area contributed by atoms with Crippen LogP contribution in [0, 0.1) is 0 Å². The summed E-state index contributed by atoms with van der Waals surface area (Å²) in [5.41, 5.74) is 4.70. The molecule has 0 spiro atoms. The molecule has 1 aromatic heterocycles. The second kappa shape index (κ2) is 3.33. The van der Waals surface area contributed by atoms with Crippen LogP contribution in [0.2, 0.25) is 0 Å². The Morgan fingerprint density at radius 3 is 2.46 bits per heavy atom. The number of halogens is 3. The van der Waals surface area contributed by atoms with Gasteiger partial charge in [-0.1, -0.05) is 0 Å². The molecule has 0 fully saturated rings. The SMILES string of the molecule is C[C@H](N)c1ccncc1C(F)(F)F. The van der Waals surface area contributed by atoms with Crippen molar-refractivity contribution in [2.45, 2.75) is 19.1 Å². The Hall–Kier alpha value is -1.10. The van der Waals surface area contributed by atoms with Crippen molar-refractivity contribution in [2.75, 3.05) is 0 Å². The molecule has 1 heterocycles. The summed E-state index contributed by atoms with van der Waals surface area (Å²) in [5.74, 6) is 0. The first-order valence-electron chi connectivity index (χ1n) is 3.69. The van der Waals surface area contributed by atoms with Gasteiger partial charge in [0.05, 0.1) is 5.56 Å². The van der Waals surface area contributed by atoms with Gasteiger partial charge in [-0.25, -0.2) is 0 Å². The lowest BCUT2D eigenvalue weighted by Gasteiger charge is -2.13. The number of nitrogens with zero attached hydrogens (tertiary/aromatic N) is 1. The Labute approximate surface area is 73.6 Å². The smallest absolute Gasteiger partial charge is 0.324 e. The number of nitrogens with two attached hydrogens (primary N) is 1. The molecule has 1 atom stereocenters. The predicted molar refractivity (Wildman–Crippen MR) is 41.8 cm³/mol. The summed E-state index contributed by atoms with van der Waals surface area (Å²) in [5, 5.41) is 0. The van der Waals surface area contributed by atoms with Crippen molar-refractivity contribution in [2.24, 2.45) is 5.73 Å². The molecule has 1 rings (SSSR count). The van der Waals surface area contributed by atoms with Gasteiger partial charge in [-0.3, -0.25) is 4.98 Å². The van der Waals surface area contributed by atoms with E-state index in [1.165, 1.54) is 19.2 Å². The molecule has 0 aliphatic rings. The van der Waals surface area contributed by atoms with Gasteiger partial charge >= 0.3 is 6.18 Å². The fraction of sp³-hybridized carbons (Fsp3) is 0.375. The fourth-order valence-corrected chi connectivity index (χ4v) is 1.04. The first kappa shape index (κ1) is 9.98. The standard InChI is InChI=1S/C8H9F3N2/c1-5(12)6-2-3-13-4-7(6)8(9,10)11/h2-5H,12H2,1H3/t5-/m0/s1. The third-order valence-corrected chi connectivity index (χ3v) is 1.65. The normalized spacial score (nSPS) is 14.2. The third kappa shape index (κ3) is 2.18. The van der Waals surface area contributed by atoms with Gasteiger partial charge < -0.3 is 5.73 Å². The highest BCUT2D eigenvalue weighted by atomic mass is 19.4. The number of pyridine rings is 1. The van der Waals surface area contributed by atoms with Crippen LogP contribution in [0.25, 0.3) is 0 Å². The monoisotopic (exact) mass is 190 g/mol. The molecule has 0 unspecified atom stereocenters. The maximum absolute atomic E-state index is 12.3. The van der Waals surface area contributed by atoms with E-state index < -0.39 is 17.8 Å². The molecule has 0 radical (unpaired) electrons. The molecule has 5 heteroatoms. The van der Waals surface area contributed by atoms with E-state index in [0.29, 0.717) is 0 Å². The molecule has 0 saturated heterocycles. The van der Waals surface area contributed by atoms with Crippen LogP contribution in [0.4, 0.5) is 13.2 Å². The van der Waals surface area contributed by atoms with Crippen LogP contribution in [-0.2, 0) is 6.18 Å². The number of hydrogen-bond acceptors (Lipinski definition) is 2. The average Bonchev–Trinajstić information content (AvgIpc) is 2.03. The third-order valence-electron chi connectivity index (χ3n) is 1.65. The molecule has 1 aromatic rings. The topological polar surface area (TPSA) is 38.9 Å². The second-order valence-corrected chi connectivity index (χ2v) is 2.75. The van der Waals surface area contributed by atoms with Gasteiger partial charge in [0.25, 0.3) is 0 Å². The van der Waals surface area contributed by atoms with Gasteiger partial charge in [0.1, 0.15) is 0 Å². The maximum atomic E-state index is 12.3. The molecule has 0 saturated carbocycles. The molecule has 2 nitrogen and oxygen atoms in total. The first-order valence-corrected chi connectivity index (χ1v) is 3.69. The highest BCUT2D eigenvalue weighted by Gasteiger charge is 2.34. The number of hydrogen-bond donors (Lipinski definition) is 1. The molecule has 0 amide bonds. The van der Waals surface area contributed by atoms with E-state index >= 15 is 0 Å². The van der Waals surface area contributed by atoms with Crippen LogP contribution >= 0.6 is 0 Å². The van der Waals surface area contributed by atoms with E-state index in [1.807, 2.05) is 0 Å². The lowest BCUT2D eigenvalue weighted by Crippen LogP contribution is -2.15. The lowest BCUT2D eigenvalue weighted by atomic mass is 10.0. The van der Waals surface area contributed by atoms with Gasteiger partial charge in [-0.15, -0.1) is 0 Å². The molecular weight excluding hydrogens is 181 g/mol.